The molecular weight excluding hydrogens is 450 g/mol. The predicted molar refractivity (Wildman–Crippen MR) is 133 cm³/mol. The number of carbonyl (C=O) groups excluding carboxylic acids is 1. The molecule has 2 saturated heterocycles. The van der Waals surface area contributed by atoms with Crippen LogP contribution in [0, 0.1) is 12.8 Å². The minimum atomic E-state index is -3.63. The van der Waals surface area contributed by atoms with Crippen molar-refractivity contribution in [3.8, 4) is 0 Å². The number of sulfonamides is 1. The zero-order valence-electron chi connectivity index (χ0n) is 20.1. The molecule has 0 bridgehead atoms. The van der Waals surface area contributed by atoms with Gasteiger partial charge in [0.2, 0.25) is 15.9 Å². The summed E-state index contributed by atoms with van der Waals surface area (Å²) in [4.78, 5) is 15.5. The molecule has 7 nitrogen and oxygen atoms in total. The average Bonchev–Trinajstić information content (AvgIpc) is 2.86. The Morgan fingerprint density at radius 2 is 1.74 bits per heavy atom. The van der Waals surface area contributed by atoms with Gasteiger partial charge in [-0.25, -0.2) is 8.42 Å². The van der Waals surface area contributed by atoms with Gasteiger partial charge >= 0.3 is 0 Å². The van der Waals surface area contributed by atoms with Crippen LogP contribution in [-0.2, 0) is 26.0 Å². The van der Waals surface area contributed by atoms with Crippen molar-refractivity contribution in [3.05, 3.63) is 59.7 Å². The molecule has 2 fully saturated rings. The monoisotopic (exact) mass is 485 g/mol. The quantitative estimate of drug-likeness (QED) is 0.651. The lowest BCUT2D eigenvalue weighted by molar-refractivity contribution is -0.121. The molecule has 0 saturated carbocycles. The number of amides is 1. The zero-order chi connectivity index (χ0) is 24.1. The fourth-order valence-corrected chi connectivity index (χ4v) is 6.44. The summed E-state index contributed by atoms with van der Waals surface area (Å²) in [6, 6.07) is 15.4. The minimum Gasteiger partial charge on any atom is -0.379 e. The van der Waals surface area contributed by atoms with Crippen molar-refractivity contribution >= 4 is 21.6 Å². The molecule has 2 aliphatic heterocycles. The lowest BCUT2D eigenvalue weighted by Crippen LogP contribution is -2.46. The Morgan fingerprint density at radius 1 is 1.06 bits per heavy atom. The van der Waals surface area contributed by atoms with Crippen LogP contribution in [0.25, 0.3) is 0 Å². The first-order chi connectivity index (χ1) is 16.3. The van der Waals surface area contributed by atoms with Gasteiger partial charge in [-0.15, -0.1) is 0 Å². The number of nitrogens with zero attached hydrogens (tertiary/aromatic N) is 2. The van der Waals surface area contributed by atoms with E-state index in [1.807, 2.05) is 13.0 Å². The molecular formula is C26H35N3O4S. The molecule has 0 spiro atoms. The van der Waals surface area contributed by atoms with Gasteiger partial charge in [-0.3, -0.25) is 9.69 Å². The Balaban J connectivity index is 1.36. The number of piperidine rings is 1. The van der Waals surface area contributed by atoms with Gasteiger partial charge in [-0.1, -0.05) is 36.4 Å². The van der Waals surface area contributed by atoms with Crippen LogP contribution in [-0.4, -0.2) is 69.0 Å². The van der Waals surface area contributed by atoms with Crippen LogP contribution in [0.4, 0.5) is 5.69 Å². The van der Waals surface area contributed by atoms with Crippen molar-refractivity contribution in [1.82, 2.24) is 9.21 Å². The minimum absolute atomic E-state index is 0.111. The molecule has 0 aromatic heterocycles. The number of benzene rings is 2. The summed E-state index contributed by atoms with van der Waals surface area (Å²) in [7, 11) is -3.63. The van der Waals surface area contributed by atoms with Crippen molar-refractivity contribution < 1.29 is 17.9 Å². The lowest BCUT2D eigenvalue weighted by atomic mass is 9.89. The fourth-order valence-electron chi connectivity index (χ4n) is 4.79. The Kier molecular flexibility index (Phi) is 8.03. The van der Waals surface area contributed by atoms with Crippen molar-refractivity contribution in [2.24, 2.45) is 5.92 Å². The standard InChI is InChI=1S/C26H35N3O4S/c1-20-8-9-24(19-25(20)34(31,32)29-14-16-33-17-15-29)27-26(30)21(2)28-12-10-23(11-13-28)18-22-6-4-3-5-7-22/h3-9,19,21,23H,10-18H2,1-2H3,(H,27,30). The number of anilines is 1. The first kappa shape index (κ1) is 24.9. The SMILES string of the molecule is Cc1ccc(NC(=O)C(C)N2CCC(Cc3ccccc3)CC2)cc1S(=O)(=O)N1CCOCC1. The number of carbonyl (C=O) groups is 1. The van der Waals surface area contributed by atoms with E-state index in [0.29, 0.717) is 43.5 Å². The molecule has 1 atom stereocenters. The van der Waals surface area contributed by atoms with E-state index in [9.17, 15) is 13.2 Å². The Labute approximate surface area is 203 Å². The third kappa shape index (κ3) is 5.86. The van der Waals surface area contributed by atoms with Gasteiger partial charge in [-0.2, -0.15) is 4.31 Å². The molecule has 0 aliphatic carbocycles. The molecule has 0 radical (unpaired) electrons. The summed E-state index contributed by atoms with van der Waals surface area (Å²) in [5, 5.41) is 2.94. The number of hydrogen-bond donors (Lipinski definition) is 1. The second kappa shape index (κ2) is 11.0. The fraction of sp³-hybridized carbons (Fsp3) is 0.500. The maximum atomic E-state index is 13.1. The molecule has 8 heteroatoms. The van der Waals surface area contributed by atoms with Crippen LogP contribution in [0.1, 0.15) is 30.9 Å². The van der Waals surface area contributed by atoms with E-state index in [0.717, 1.165) is 32.4 Å². The normalized spacial score (nSPS) is 19.6. The number of hydrogen-bond acceptors (Lipinski definition) is 5. The molecule has 2 heterocycles. The van der Waals surface area contributed by atoms with Crippen LogP contribution >= 0.6 is 0 Å². The second-order valence-electron chi connectivity index (χ2n) is 9.33. The highest BCUT2D eigenvalue weighted by molar-refractivity contribution is 7.89. The van der Waals surface area contributed by atoms with E-state index in [4.69, 9.17) is 4.74 Å². The van der Waals surface area contributed by atoms with Crippen LogP contribution in [0.5, 0.6) is 0 Å². The van der Waals surface area contributed by atoms with Crippen molar-refractivity contribution in [1.29, 1.82) is 0 Å². The Morgan fingerprint density at radius 3 is 2.41 bits per heavy atom. The summed E-state index contributed by atoms with van der Waals surface area (Å²) < 4.78 is 33.0. The molecule has 34 heavy (non-hydrogen) atoms. The first-order valence-electron chi connectivity index (χ1n) is 12.1. The summed E-state index contributed by atoms with van der Waals surface area (Å²) in [6.45, 7) is 6.95. The number of rotatable bonds is 7. The Bertz CT molecular complexity index is 1080. The van der Waals surface area contributed by atoms with Gasteiger partial charge in [0.25, 0.3) is 0 Å². The maximum absolute atomic E-state index is 13.1. The van der Waals surface area contributed by atoms with E-state index < -0.39 is 10.0 Å². The van der Waals surface area contributed by atoms with Gasteiger partial charge in [-0.05, 0) is 75.4 Å². The van der Waals surface area contributed by atoms with Crippen molar-refractivity contribution in [3.63, 3.8) is 0 Å². The van der Waals surface area contributed by atoms with Crippen molar-refractivity contribution in [2.75, 3.05) is 44.7 Å². The molecule has 1 amide bonds. The molecule has 2 aliphatic rings. The van der Waals surface area contributed by atoms with Gasteiger partial charge in [0.05, 0.1) is 24.2 Å². The highest BCUT2D eigenvalue weighted by atomic mass is 32.2. The largest absolute Gasteiger partial charge is 0.379 e. The lowest BCUT2D eigenvalue weighted by Gasteiger charge is -2.35. The Hall–Kier alpha value is -2.26. The van der Waals surface area contributed by atoms with E-state index in [2.05, 4.69) is 34.5 Å². The summed E-state index contributed by atoms with van der Waals surface area (Å²) in [5.74, 6) is 0.527. The second-order valence-corrected chi connectivity index (χ2v) is 11.2. The third-order valence-corrected chi connectivity index (χ3v) is 9.03. The van der Waals surface area contributed by atoms with E-state index in [1.54, 1.807) is 25.1 Å². The van der Waals surface area contributed by atoms with Crippen LogP contribution in [0.3, 0.4) is 0 Å². The van der Waals surface area contributed by atoms with Gasteiger partial charge < -0.3 is 10.1 Å². The number of likely N-dealkylation sites (tertiary alicyclic amines) is 1. The number of morpholine rings is 1. The van der Waals surface area contributed by atoms with Gasteiger partial charge in [0.1, 0.15) is 0 Å². The maximum Gasteiger partial charge on any atom is 0.243 e. The molecule has 4 rings (SSSR count). The summed E-state index contributed by atoms with van der Waals surface area (Å²) in [6.07, 6.45) is 3.22. The predicted octanol–water partition coefficient (Wildman–Crippen LogP) is 3.30. The highest BCUT2D eigenvalue weighted by Crippen LogP contribution is 2.26. The van der Waals surface area contributed by atoms with Gasteiger partial charge in [0.15, 0.2) is 0 Å². The molecule has 2 aromatic rings. The third-order valence-electron chi connectivity index (χ3n) is 6.99. The van der Waals surface area contributed by atoms with Crippen LogP contribution in [0.15, 0.2) is 53.4 Å². The van der Waals surface area contributed by atoms with E-state index in [-0.39, 0.29) is 16.8 Å². The highest BCUT2D eigenvalue weighted by Gasteiger charge is 2.29. The average molecular weight is 486 g/mol. The number of nitrogens with one attached hydrogen (secondary N) is 1. The topological polar surface area (TPSA) is 79.0 Å². The molecule has 1 unspecified atom stereocenters. The van der Waals surface area contributed by atoms with E-state index >= 15 is 0 Å². The summed E-state index contributed by atoms with van der Waals surface area (Å²) >= 11 is 0. The molecule has 2 aromatic carbocycles. The smallest absolute Gasteiger partial charge is 0.243 e. The number of ether oxygens (including phenoxy) is 1. The van der Waals surface area contributed by atoms with E-state index in [1.165, 1.54) is 9.87 Å². The van der Waals surface area contributed by atoms with Crippen LogP contribution < -0.4 is 5.32 Å². The summed E-state index contributed by atoms with van der Waals surface area (Å²) in [5.41, 5.74) is 2.54. The van der Waals surface area contributed by atoms with Gasteiger partial charge in [0, 0.05) is 18.8 Å². The van der Waals surface area contributed by atoms with Crippen LogP contribution in [0.2, 0.25) is 0 Å². The number of aryl methyl sites for hydroxylation is 1. The first-order valence-corrected chi connectivity index (χ1v) is 13.6. The van der Waals surface area contributed by atoms with Crippen molar-refractivity contribution in [2.45, 2.75) is 44.0 Å². The zero-order valence-corrected chi connectivity index (χ0v) is 20.9. The molecule has 1 N–H and O–H groups in total. The molecule has 184 valence electrons.